The van der Waals surface area contributed by atoms with Crippen LogP contribution in [0.2, 0.25) is 0 Å². The fourth-order valence-corrected chi connectivity index (χ4v) is 2.19. The van der Waals surface area contributed by atoms with Crippen LogP contribution in [0.1, 0.15) is 45.7 Å². The van der Waals surface area contributed by atoms with Crippen LogP contribution in [0.15, 0.2) is 6.07 Å². The molecule has 0 bridgehead atoms. The van der Waals surface area contributed by atoms with E-state index in [-0.39, 0.29) is 0 Å². The molecule has 1 aromatic rings. The van der Waals surface area contributed by atoms with Crippen molar-refractivity contribution in [3.8, 4) is 0 Å². The highest BCUT2D eigenvalue weighted by molar-refractivity contribution is 5.69. The molecule has 0 spiro atoms. The lowest BCUT2D eigenvalue weighted by atomic mass is 9.74. The second kappa shape index (κ2) is 4.43. The van der Waals surface area contributed by atoms with Gasteiger partial charge in [0.05, 0.1) is 11.2 Å². The molecule has 106 valence electrons. The molecule has 0 aromatic carbocycles. The summed E-state index contributed by atoms with van der Waals surface area (Å²) in [5.74, 6) is 0.590. The molecule has 0 radical (unpaired) electrons. The first-order chi connectivity index (χ1) is 8.72. The summed E-state index contributed by atoms with van der Waals surface area (Å²) in [6, 6.07) is 1.82. The van der Waals surface area contributed by atoms with E-state index in [1.54, 1.807) is 11.7 Å². The number of rotatable bonds is 2. The first kappa shape index (κ1) is 13.7. The van der Waals surface area contributed by atoms with Crippen LogP contribution in [0.3, 0.4) is 0 Å². The summed E-state index contributed by atoms with van der Waals surface area (Å²) in [5, 5.41) is 7.33. The van der Waals surface area contributed by atoms with Crippen molar-refractivity contribution in [2.75, 3.05) is 5.73 Å². The average Bonchev–Trinajstić information content (AvgIpc) is 2.50. The van der Waals surface area contributed by atoms with Gasteiger partial charge in [-0.15, -0.1) is 0 Å². The van der Waals surface area contributed by atoms with E-state index < -0.39 is 17.2 Å². The van der Waals surface area contributed by atoms with E-state index in [0.717, 1.165) is 25.0 Å². The summed E-state index contributed by atoms with van der Waals surface area (Å²) in [6.45, 7) is 5.54. The normalized spacial score (nSPS) is 17.7. The Labute approximate surface area is 113 Å². The molecule has 1 aromatic heterocycles. The Bertz CT molecular complexity index is 464. The number of nitrogens with two attached hydrogens (primary N) is 1. The van der Waals surface area contributed by atoms with E-state index >= 15 is 0 Å². The molecule has 0 atom stereocenters. The number of carbonyl (C=O) groups excluding carboxylic acids is 1. The summed E-state index contributed by atoms with van der Waals surface area (Å²) in [6.07, 6.45) is 2.38. The van der Waals surface area contributed by atoms with Gasteiger partial charge in [-0.05, 0) is 40.0 Å². The van der Waals surface area contributed by atoms with E-state index in [1.165, 1.54) is 0 Å². The molecule has 2 rings (SSSR count). The number of ether oxygens (including phenoxy) is 1. The highest BCUT2D eigenvalue weighted by atomic mass is 16.6. The van der Waals surface area contributed by atoms with Gasteiger partial charge in [0.1, 0.15) is 11.4 Å². The van der Waals surface area contributed by atoms with Crippen molar-refractivity contribution >= 4 is 11.9 Å². The Kier molecular flexibility index (Phi) is 3.20. The summed E-state index contributed by atoms with van der Waals surface area (Å²) in [7, 11) is 1.79. The zero-order valence-electron chi connectivity index (χ0n) is 12.0. The number of alkyl carbamates (subject to hydrolysis) is 1. The van der Waals surface area contributed by atoms with Crippen LogP contribution >= 0.6 is 0 Å². The number of nitrogens with one attached hydrogen (secondary N) is 1. The molecule has 1 amide bonds. The van der Waals surface area contributed by atoms with Gasteiger partial charge in [0.2, 0.25) is 0 Å². The van der Waals surface area contributed by atoms with Gasteiger partial charge in [-0.1, -0.05) is 0 Å². The van der Waals surface area contributed by atoms with Crippen LogP contribution in [0.4, 0.5) is 10.6 Å². The highest BCUT2D eigenvalue weighted by Crippen LogP contribution is 2.41. The molecule has 0 unspecified atom stereocenters. The van der Waals surface area contributed by atoms with E-state index in [1.807, 2.05) is 26.8 Å². The molecule has 1 saturated carbocycles. The molecule has 1 fully saturated rings. The second-order valence-corrected chi connectivity index (χ2v) is 6.14. The van der Waals surface area contributed by atoms with Gasteiger partial charge in [-0.3, -0.25) is 4.68 Å². The van der Waals surface area contributed by atoms with Crippen molar-refractivity contribution in [1.82, 2.24) is 15.1 Å². The van der Waals surface area contributed by atoms with E-state index in [2.05, 4.69) is 10.4 Å². The molecule has 6 nitrogen and oxygen atoms in total. The van der Waals surface area contributed by atoms with E-state index in [0.29, 0.717) is 5.82 Å². The molecule has 0 aliphatic heterocycles. The first-order valence-electron chi connectivity index (χ1n) is 6.53. The number of carbonyl (C=O) groups is 1. The molecule has 6 heteroatoms. The molecular formula is C13H22N4O2. The van der Waals surface area contributed by atoms with E-state index in [4.69, 9.17) is 10.5 Å². The predicted octanol–water partition coefficient (Wildman–Crippen LogP) is 1.91. The zero-order valence-corrected chi connectivity index (χ0v) is 12.0. The summed E-state index contributed by atoms with van der Waals surface area (Å²) >= 11 is 0. The van der Waals surface area contributed by atoms with Crippen LogP contribution in [0.5, 0.6) is 0 Å². The van der Waals surface area contributed by atoms with Crippen molar-refractivity contribution < 1.29 is 9.53 Å². The standard InChI is InChI=1S/C13H22N4O2/c1-12(2,3)19-11(18)15-13(6-5-7-13)9-8-10(14)17(4)16-9/h8H,5-7,14H2,1-4H3,(H,15,18). The Morgan fingerprint density at radius 2 is 2.16 bits per heavy atom. The van der Waals surface area contributed by atoms with Crippen molar-refractivity contribution in [3.63, 3.8) is 0 Å². The third kappa shape index (κ3) is 2.83. The van der Waals surface area contributed by atoms with Gasteiger partial charge >= 0.3 is 6.09 Å². The summed E-state index contributed by atoms with van der Waals surface area (Å²) in [4.78, 5) is 11.9. The van der Waals surface area contributed by atoms with Crippen LogP contribution in [0, 0.1) is 0 Å². The third-order valence-electron chi connectivity index (χ3n) is 3.35. The Hall–Kier alpha value is -1.72. The number of nitrogen functional groups attached to an aromatic ring is 1. The number of anilines is 1. The maximum Gasteiger partial charge on any atom is 0.408 e. The topological polar surface area (TPSA) is 82.2 Å². The molecule has 1 heterocycles. The largest absolute Gasteiger partial charge is 0.444 e. The third-order valence-corrected chi connectivity index (χ3v) is 3.35. The minimum absolute atomic E-state index is 0.406. The number of aryl methyl sites for hydroxylation is 1. The predicted molar refractivity (Wildman–Crippen MR) is 72.5 cm³/mol. The molecule has 3 N–H and O–H groups in total. The Morgan fingerprint density at radius 3 is 2.53 bits per heavy atom. The maximum atomic E-state index is 11.9. The van der Waals surface area contributed by atoms with Crippen LogP contribution in [-0.2, 0) is 17.3 Å². The first-order valence-corrected chi connectivity index (χ1v) is 6.53. The summed E-state index contributed by atoms with van der Waals surface area (Å²) in [5.41, 5.74) is 5.69. The van der Waals surface area contributed by atoms with Crippen LogP contribution in [-0.4, -0.2) is 21.5 Å². The number of hydrogen-bond donors (Lipinski definition) is 2. The zero-order chi connectivity index (χ0) is 14.3. The van der Waals surface area contributed by atoms with Gasteiger partial charge in [-0.25, -0.2) is 4.79 Å². The van der Waals surface area contributed by atoms with Crippen molar-refractivity contribution in [2.24, 2.45) is 7.05 Å². The fraction of sp³-hybridized carbons (Fsp3) is 0.692. The van der Waals surface area contributed by atoms with Crippen molar-refractivity contribution in [2.45, 2.75) is 51.2 Å². The monoisotopic (exact) mass is 266 g/mol. The average molecular weight is 266 g/mol. The molecule has 1 aliphatic carbocycles. The fourth-order valence-electron chi connectivity index (χ4n) is 2.19. The lowest BCUT2D eigenvalue weighted by Crippen LogP contribution is -2.52. The number of aromatic nitrogens is 2. The number of hydrogen-bond acceptors (Lipinski definition) is 4. The smallest absolute Gasteiger partial charge is 0.408 e. The second-order valence-electron chi connectivity index (χ2n) is 6.14. The number of amides is 1. The number of nitrogens with zero attached hydrogens (tertiary/aromatic N) is 2. The van der Waals surface area contributed by atoms with Gasteiger partial charge in [0.15, 0.2) is 0 Å². The Balaban J connectivity index is 2.13. The summed E-state index contributed by atoms with van der Waals surface area (Å²) < 4.78 is 6.93. The van der Waals surface area contributed by atoms with Crippen molar-refractivity contribution in [3.05, 3.63) is 11.8 Å². The molecule has 0 saturated heterocycles. The Morgan fingerprint density at radius 1 is 1.53 bits per heavy atom. The lowest BCUT2D eigenvalue weighted by molar-refractivity contribution is 0.0371. The molecule has 1 aliphatic rings. The SMILES string of the molecule is Cn1nc(C2(NC(=O)OC(C)(C)C)CCC2)cc1N. The van der Waals surface area contributed by atoms with Gasteiger partial charge in [0, 0.05) is 13.1 Å². The highest BCUT2D eigenvalue weighted by Gasteiger charge is 2.43. The quantitative estimate of drug-likeness (QED) is 0.856. The lowest BCUT2D eigenvalue weighted by Gasteiger charge is -2.41. The minimum atomic E-state index is -0.502. The van der Waals surface area contributed by atoms with Gasteiger partial charge in [-0.2, -0.15) is 5.10 Å². The molecule has 19 heavy (non-hydrogen) atoms. The van der Waals surface area contributed by atoms with E-state index in [9.17, 15) is 4.79 Å². The van der Waals surface area contributed by atoms with Crippen molar-refractivity contribution in [1.29, 1.82) is 0 Å². The van der Waals surface area contributed by atoms with Crippen LogP contribution < -0.4 is 11.1 Å². The van der Waals surface area contributed by atoms with Crippen LogP contribution in [0.25, 0.3) is 0 Å². The van der Waals surface area contributed by atoms with Gasteiger partial charge in [0.25, 0.3) is 0 Å². The molecular weight excluding hydrogens is 244 g/mol. The van der Waals surface area contributed by atoms with Gasteiger partial charge < -0.3 is 15.8 Å². The maximum absolute atomic E-state index is 11.9. The minimum Gasteiger partial charge on any atom is -0.444 e.